The van der Waals surface area contributed by atoms with Gasteiger partial charge in [-0.2, -0.15) is 11.8 Å². The molecule has 0 aliphatic carbocycles. The van der Waals surface area contributed by atoms with Crippen LogP contribution in [0.1, 0.15) is 29.8 Å². The Hall–Kier alpha value is -1.82. The highest BCUT2D eigenvalue weighted by molar-refractivity contribution is 8.00. The van der Waals surface area contributed by atoms with Crippen molar-refractivity contribution >= 4 is 29.7 Å². The number of carboxylic acids is 1. The molecule has 2 atom stereocenters. The predicted molar refractivity (Wildman–Crippen MR) is 83.3 cm³/mol. The minimum absolute atomic E-state index is 0.0681. The number of hydrogen-bond acceptors (Lipinski definition) is 4. The van der Waals surface area contributed by atoms with Gasteiger partial charge in [-0.3, -0.25) is 9.78 Å². The van der Waals surface area contributed by atoms with E-state index in [1.165, 1.54) is 12.3 Å². The van der Waals surface area contributed by atoms with E-state index >= 15 is 0 Å². The molecule has 0 spiro atoms. The van der Waals surface area contributed by atoms with Crippen LogP contribution < -0.4 is 0 Å². The smallest absolute Gasteiger partial charge is 0.328 e. The average molecular weight is 306 g/mol. The summed E-state index contributed by atoms with van der Waals surface area (Å²) < 4.78 is 0. The van der Waals surface area contributed by atoms with E-state index in [1.807, 2.05) is 16.7 Å². The van der Waals surface area contributed by atoms with Crippen LogP contribution >= 0.6 is 11.8 Å². The van der Waals surface area contributed by atoms with Crippen LogP contribution in [0, 0.1) is 0 Å². The second-order valence-corrected chi connectivity index (χ2v) is 6.98. The van der Waals surface area contributed by atoms with Gasteiger partial charge in [-0.1, -0.05) is 13.8 Å². The fourth-order valence-corrected chi connectivity index (χ4v) is 3.73. The number of thioether (sulfide) groups is 1. The predicted octanol–water partition coefficient (Wildman–Crippen LogP) is 2.15. The Bertz CT molecular complexity index is 564. The summed E-state index contributed by atoms with van der Waals surface area (Å²) in [6.45, 7) is 5.63. The molecule has 1 aromatic rings. The van der Waals surface area contributed by atoms with Crippen molar-refractivity contribution in [3.8, 4) is 0 Å². The van der Waals surface area contributed by atoms with Crippen LogP contribution in [0.5, 0.6) is 0 Å². The number of aromatic nitrogens is 1. The second-order valence-electron chi connectivity index (χ2n) is 5.10. The van der Waals surface area contributed by atoms with Gasteiger partial charge in [0.15, 0.2) is 0 Å². The van der Waals surface area contributed by atoms with Crippen LogP contribution in [0.4, 0.5) is 0 Å². The molecular formula is C15H18N2O3S. The summed E-state index contributed by atoms with van der Waals surface area (Å²) in [6.07, 6.45) is 5.49. The van der Waals surface area contributed by atoms with E-state index < -0.39 is 5.97 Å². The minimum atomic E-state index is -1.05. The first kappa shape index (κ1) is 15.6. The first-order valence-electron chi connectivity index (χ1n) is 6.77. The molecule has 1 amide bonds. The normalized spacial score (nSPS) is 22.5. The van der Waals surface area contributed by atoms with Crippen LogP contribution in [0.15, 0.2) is 24.5 Å². The van der Waals surface area contributed by atoms with E-state index in [-0.39, 0.29) is 5.91 Å². The van der Waals surface area contributed by atoms with Crippen LogP contribution in [0.3, 0.4) is 0 Å². The Kier molecular flexibility index (Phi) is 5.01. The molecule has 0 bridgehead atoms. The molecule has 2 rings (SSSR count). The van der Waals surface area contributed by atoms with E-state index in [4.69, 9.17) is 5.11 Å². The van der Waals surface area contributed by atoms with E-state index in [2.05, 4.69) is 18.8 Å². The number of amides is 1. The third kappa shape index (κ3) is 4.07. The highest BCUT2D eigenvalue weighted by Gasteiger charge is 2.27. The maximum absolute atomic E-state index is 12.7. The van der Waals surface area contributed by atoms with Crippen molar-refractivity contribution in [2.45, 2.75) is 24.3 Å². The lowest BCUT2D eigenvalue weighted by atomic mass is 10.1. The zero-order valence-electron chi connectivity index (χ0n) is 12.0. The molecule has 112 valence electrons. The fourth-order valence-electron chi connectivity index (χ4n) is 2.41. The van der Waals surface area contributed by atoms with Crippen molar-refractivity contribution in [2.24, 2.45) is 0 Å². The highest BCUT2D eigenvalue weighted by Crippen LogP contribution is 2.26. The molecule has 2 unspecified atom stereocenters. The lowest BCUT2D eigenvalue weighted by Gasteiger charge is -2.34. The molecule has 5 nitrogen and oxygen atoms in total. The number of rotatable bonds is 3. The average Bonchev–Trinajstić information content (AvgIpc) is 2.43. The number of aliphatic carboxylic acids is 1. The molecule has 1 aliphatic heterocycles. The summed E-state index contributed by atoms with van der Waals surface area (Å²) in [5.41, 5.74) is 1.03. The molecule has 1 N–H and O–H groups in total. The first-order chi connectivity index (χ1) is 9.97. The summed E-state index contributed by atoms with van der Waals surface area (Å²) in [5, 5.41) is 9.52. The molecule has 1 fully saturated rings. The van der Waals surface area contributed by atoms with Gasteiger partial charge in [0.25, 0.3) is 5.91 Å². The third-order valence-electron chi connectivity index (χ3n) is 3.19. The van der Waals surface area contributed by atoms with Gasteiger partial charge in [-0.05, 0) is 12.1 Å². The number of carboxylic acid groups (broad SMARTS) is 1. The van der Waals surface area contributed by atoms with Gasteiger partial charge >= 0.3 is 5.97 Å². The largest absolute Gasteiger partial charge is 0.478 e. The zero-order chi connectivity index (χ0) is 15.4. The molecule has 0 saturated carbocycles. The van der Waals surface area contributed by atoms with Gasteiger partial charge in [-0.15, -0.1) is 0 Å². The summed E-state index contributed by atoms with van der Waals surface area (Å²) in [4.78, 5) is 29.1. The number of carbonyl (C=O) groups is 2. The quantitative estimate of drug-likeness (QED) is 0.866. The van der Waals surface area contributed by atoms with Gasteiger partial charge in [0, 0.05) is 53.2 Å². The monoisotopic (exact) mass is 306 g/mol. The topological polar surface area (TPSA) is 70.5 Å². The molecule has 1 saturated heterocycles. The van der Waals surface area contributed by atoms with Gasteiger partial charge in [0.05, 0.1) is 0 Å². The van der Waals surface area contributed by atoms with E-state index in [0.29, 0.717) is 34.7 Å². The Labute approximate surface area is 128 Å². The first-order valence-corrected chi connectivity index (χ1v) is 7.71. The third-order valence-corrected chi connectivity index (χ3v) is 4.42. The van der Waals surface area contributed by atoms with E-state index in [0.717, 1.165) is 6.08 Å². The second kappa shape index (κ2) is 6.76. The molecule has 0 aromatic carbocycles. The Balaban J connectivity index is 2.24. The van der Waals surface area contributed by atoms with Crippen molar-refractivity contribution in [3.05, 3.63) is 35.7 Å². The Morgan fingerprint density at radius 2 is 2.05 bits per heavy atom. The van der Waals surface area contributed by atoms with E-state index in [1.54, 1.807) is 12.3 Å². The van der Waals surface area contributed by atoms with Crippen LogP contribution in [0.25, 0.3) is 6.08 Å². The van der Waals surface area contributed by atoms with Crippen LogP contribution in [-0.4, -0.2) is 50.5 Å². The van der Waals surface area contributed by atoms with E-state index in [9.17, 15) is 9.59 Å². The lowest BCUT2D eigenvalue weighted by molar-refractivity contribution is -0.131. The van der Waals surface area contributed by atoms with Crippen molar-refractivity contribution in [1.82, 2.24) is 9.88 Å². The van der Waals surface area contributed by atoms with Gasteiger partial charge < -0.3 is 10.0 Å². The van der Waals surface area contributed by atoms with Crippen LogP contribution in [-0.2, 0) is 4.79 Å². The van der Waals surface area contributed by atoms with Crippen LogP contribution in [0.2, 0.25) is 0 Å². The SMILES string of the molecule is CC1CN(C(=O)c2ccncc2C=CC(=O)O)CC(C)S1. The minimum Gasteiger partial charge on any atom is -0.478 e. The summed E-state index contributed by atoms with van der Waals surface area (Å²) in [6, 6.07) is 1.64. The summed E-state index contributed by atoms with van der Waals surface area (Å²) >= 11 is 1.88. The molecule has 1 aromatic heterocycles. The van der Waals surface area contributed by atoms with Gasteiger partial charge in [0.2, 0.25) is 0 Å². The highest BCUT2D eigenvalue weighted by atomic mass is 32.2. The number of pyridine rings is 1. The van der Waals surface area contributed by atoms with Crippen molar-refractivity contribution < 1.29 is 14.7 Å². The maximum atomic E-state index is 12.7. The van der Waals surface area contributed by atoms with Gasteiger partial charge in [-0.25, -0.2) is 4.79 Å². The molecular weight excluding hydrogens is 288 g/mol. The number of hydrogen-bond donors (Lipinski definition) is 1. The number of carbonyl (C=O) groups excluding carboxylic acids is 1. The molecule has 6 heteroatoms. The van der Waals surface area contributed by atoms with Crippen molar-refractivity contribution in [3.63, 3.8) is 0 Å². The Morgan fingerprint density at radius 3 is 2.67 bits per heavy atom. The van der Waals surface area contributed by atoms with Crippen molar-refractivity contribution in [2.75, 3.05) is 13.1 Å². The molecule has 2 heterocycles. The molecule has 0 radical (unpaired) electrons. The maximum Gasteiger partial charge on any atom is 0.328 e. The molecule has 21 heavy (non-hydrogen) atoms. The summed E-state index contributed by atoms with van der Waals surface area (Å²) in [5.74, 6) is -1.12. The lowest BCUT2D eigenvalue weighted by Crippen LogP contribution is -2.44. The van der Waals surface area contributed by atoms with Crippen molar-refractivity contribution in [1.29, 1.82) is 0 Å². The summed E-state index contributed by atoms with van der Waals surface area (Å²) in [7, 11) is 0. The number of nitrogens with zero attached hydrogens (tertiary/aromatic N) is 2. The van der Waals surface area contributed by atoms with Gasteiger partial charge in [0.1, 0.15) is 0 Å². The zero-order valence-corrected chi connectivity index (χ0v) is 12.8. The standard InChI is InChI=1S/C15H18N2O3S/c1-10-8-17(9-11(2)21-10)15(20)13-5-6-16-7-12(13)3-4-14(18)19/h3-7,10-11H,8-9H2,1-2H3,(H,18,19). The Morgan fingerprint density at radius 1 is 1.38 bits per heavy atom. The molecule has 1 aliphatic rings. The fraction of sp³-hybridized carbons (Fsp3) is 0.400.